The van der Waals surface area contributed by atoms with Crippen molar-refractivity contribution in [3.8, 4) is 0 Å². The van der Waals surface area contributed by atoms with Crippen LogP contribution in [0.3, 0.4) is 0 Å². The van der Waals surface area contributed by atoms with Crippen LogP contribution in [0.15, 0.2) is 0 Å². The van der Waals surface area contributed by atoms with Gasteiger partial charge in [0.25, 0.3) is 0 Å². The minimum atomic E-state index is 0.0828. The molecule has 2 atom stereocenters. The SMILES string of the molecule is C[C@H]1C[C@@H]1C(=O)NOC1CCCC1. The lowest BCUT2D eigenvalue weighted by molar-refractivity contribution is -0.139. The molecule has 0 aromatic heterocycles. The van der Waals surface area contributed by atoms with Gasteiger partial charge in [-0.3, -0.25) is 9.63 Å². The molecule has 2 saturated carbocycles. The third kappa shape index (κ3) is 2.21. The molecule has 1 amide bonds. The Hall–Kier alpha value is -0.570. The Morgan fingerprint density at radius 3 is 2.54 bits per heavy atom. The van der Waals surface area contributed by atoms with E-state index in [9.17, 15) is 4.79 Å². The maximum absolute atomic E-state index is 11.3. The minimum Gasteiger partial charge on any atom is -0.272 e. The summed E-state index contributed by atoms with van der Waals surface area (Å²) in [5.41, 5.74) is 2.58. The van der Waals surface area contributed by atoms with Crippen LogP contribution in [0.4, 0.5) is 0 Å². The van der Waals surface area contributed by atoms with E-state index < -0.39 is 0 Å². The Labute approximate surface area is 78.8 Å². The van der Waals surface area contributed by atoms with E-state index in [0.29, 0.717) is 5.92 Å². The predicted octanol–water partition coefficient (Wildman–Crippen LogP) is 1.63. The van der Waals surface area contributed by atoms with E-state index in [4.69, 9.17) is 4.84 Å². The molecular weight excluding hydrogens is 166 g/mol. The van der Waals surface area contributed by atoms with E-state index in [1.807, 2.05) is 0 Å². The first-order chi connectivity index (χ1) is 6.27. The van der Waals surface area contributed by atoms with E-state index in [0.717, 1.165) is 19.3 Å². The summed E-state index contributed by atoms with van der Waals surface area (Å²) < 4.78 is 0. The number of carbonyl (C=O) groups excluding carboxylic acids is 1. The minimum absolute atomic E-state index is 0.0828. The fourth-order valence-corrected chi connectivity index (χ4v) is 1.91. The van der Waals surface area contributed by atoms with Crippen LogP contribution in [0.25, 0.3) is 0 Å². The van der Waals surface area contributed by atoms with Gasteiger partial charge in [-0.25, -0.2) is 5.48 Å². The van der Waals surface area contributed by atoms with Gasteiger partial charge in [-0.15, -0.1) is 0 Å². The lowest BCUT2D eigenvalue weighted by Gasteiger charge is -2.10. The second-order valence-corrected chi connectivity index (χ2v) is 4.31. The van der Waals surface area contributed by atoms with Crippen molar-refractivity contribution in [3.63, 3.8) is 0 Å². The smallest absolute Gasteiger partial charge is 0.246 e. The molecule has 1 N–H and O–H groups in total. The Balaban J connectivity index is 1.64. The number of amides is 1. The monoisotopic (exact) mass is 183 g/mol. The van der Waals surface area contributed by atoms with Crippen molar-refractivity contribution in [2.24, 2.45) is 11.8 Å². The van der Waals surface area contributed by atoms with Gasteiger partial charge in [0.2, 0.25) is 5.91 Å². The highest BCUT2D eigenvalue weighted by atomic mass is 16.7. The Kier molecular flexibility index (Phi) is 2.54. The van der Waals surface area contributed by atoms with Crippen LogP contribution in [0.1, 0.15) is 39.0 Å². The van der Waals surface area contributed by atoms with Crippen LogP contribution in [-0.4, -0.2) is 12.0 Å². The summed E-state index contributed by atoms with van der Waals surface area (Å²) in [5, 5.41) is 0. The molecule has 74 valence electrons. The molecule has 0 aromatic carbocycles. The first kappa shape index (κ1) is 9.00. The van der Waals surface area contributed by atoms with Crippen molar-refractivity contribution < 1.29 is 9.63 Å². The van der Waals surface area contributed by atoms with E-state index in [2.05, 4.69) is 12.4 Å². The zero-order valence-corrected chi connectivity index (χ0v) is 8.08. The molecule has 0 saturated heterocycles. The summed E-state index contributed by atoms with van der Waals surface area (Å²) in [6.07, 6.45) is 5.97. The van der Waals surface area contributed by atoms with Crippen LogP contribution in [0.5, 0.6) is 0 Å². The number of carbonyl (C=O) groups is 1. The van der Waals surface area contributed by atoms with Gasteiger partial charge in [0.1, 0.15) is 0 Å². The third-order valence-electron chi connectivity index (χ3n) is 3.07. The number of hydrogen-bond donors (Lipinski definition) is 1. The highest BCUT2D eigenvalue weighted by Gasteiger charge is 2.39. The van der Waals surface area contributed by atoms with Crippen LogP contribution in [-0.2, 0) is 9.63 Å². The van der Waals surface area contributed by atoms with E-state index in [1.54, 1.807) is 0 Å². The third-order valence-corrected chi connectivity index (χ3v) is 3.07. The average Bonchev–Trinajstić information content (AvgIpc) is 2.68. The highest BCUT2D eigenvalue weighted by molar-refractivity contribution is 5.80. The largest absolute Gasteiger partial charge is 0.272 e. The average molecular weight is 183 g/mol. The lowest BCUT2D eigenvalue weighted by Crippen LogP contribution is -2.29. The highest BCUT2D eigenvalue weighted by Crippen LogP contribution is 2.37. The van der Waals surface area contributed by atoms with E-state index in [-0.39, 0.29) is 17.9 Å². The van der Waals surface area contributed by atoms with Crippen LogP contribution in [0, 0.1) is 11.8 Å². The zero-order chi connectivity index (χ0) is 9.26. The van der Waals surface area contributed by atoms with Gasteiger partial charge in [0.05, 0.1) is 6.10 Å². The van der Waals surface area contributed by atoms with Crippen molar-refractivity contribution in [1.82, 2.24) is 5.48 Å². The molecule has 0 aliphatic heterocycles. The van der Waals surface area contributed by atoms with Gasteiger partial charge in [-0.05, 0) is 25.2 Å². The second-order valence-electron chi connectivity index (χ2n) is 4.31. The molecule has 3 nitrogen and oxygen atoms in total. The van der Waals surface area contributed by atoms with Crippen LogP contribution < -0.4 is 5.48 Å². The maximum Gasteiger partial charge on any atom is 0.246 e. The summed E-state index contributed by atoms with van der Waals surface area (Å²) >= 11 is 0. The first-order valence-corrected chi connectivity index (χ1v) is 5.23. The normalized spacial score (nSPS) is 33.3. The van der Waals surface area contributed by atoms with Crippen molar-refractivity contribution in [2.45, 2.75) is 45.1 Å². The molecular formula is C10H17NO2. The molecule has 2 aliphatic carbocycles. The van der Waals surface area contributed by atoms with Crippen molar-refractivity contribution in [3.05, 3.63) is 0 Å². The van der Waals surface area contributed by atoms with Gasteiger partial charge in [-0.2, -0.15) is 0 Å². The van der Waals surface area contributed by atoms with Crippen molar-refractivity contribution >= 4 is 5.91 Å². The number of nitrogens with one attached hydrogen (secondary N) is 1. The fraction of sp³-hybridized carbons (Fsp3) is 0.900. The molecule has 0 radical (unpaired) electrons. The van der Waals surface area contributed by atoms with Gasteiger partial charge in [0, 0.05) is 5.92 Å². The molecule has 2 rings (SSSR count). The summed E-state index contributed by atoms with van der Waals surface area (Å²) in [7, 11) is 0. The van der Waals surface area contributed by atoms with Gasteiger partial charge >= 0.3 is 0 Å². The molecule has 0 heterocycles. The summed E-state index contributed by atoms with van der Waals surface area (Å²) in [4.78, 5) is 16.7. The molecule has 0 aromatic rings. The second kappa shape index (κ2) is 3.66. The number of rotatable bonds is 3. The van der Waals surface area contributed by atoms with Gasteiger partial charge in [-0.1, -0.05) is 19.8 Å². The quantitative estimate of drug-likeness (QED) is 0.675. The van der Waals surface area contributed by atoms with Crippen LogP contribution in [0.2, 0.25) is 0 Å². The molecule has 2 fully saturated rings. The molecule has 0 unspecified atom stereocenters. The summed E-state index contributed by atoms with van der Waals surface area (Å²) in [6.45, 7) is 2.10. The van der Waals surface area contributed by atoms with Crippen molar-refractivity contribution in [1.29, 1.82) is 0 Å². The predicted molar refractivity (Wildman–Crippen MR) is 48.8 cm³/mol. The maximum atomic E-state index is 11.3. The van der Waals surface area contributed by atoms with E-state index in [1.165, 1.54) is 12.8 Å². The number of hydroxylamine groups is 1. The van der Waals surface area contributed by atoms with Crippen molar-refractivity contribution in [2.75, 3.05) is 0 Å². The molecule has 3 heteroatoms. The molecule has 0 bridgehead atoms. The Morgan fingerprint density at radius 2 is 2.00 bits per heavy atom. The topological polar surface area (TPSA) is 38.3 Å². The summed E-state index contributed by atoms with van der Waals surface area (Å²) in [5.74, 6) is 0.869. The Morgan fingerprint density at radius 1 is 1.38 bits per heavy atom. The lowest BCUT2D eigenvalue weighted by atomic mass is 10.3. The first-order valence-electron chi connectivity index (χ1n) is 5.23. The fourth-order valence-electron chi connectivity index (χ4n) is 1.91. The molecule has 2 aliphatic rings. The zero-order valence-electron chi connectivity index (χ0n) is 8.08. The molecule has 13 heavy (non-hydrogen) atoms. The standard InChI is InChI=1S/C10H17NO2/c1-7-6-9(7)10(12)11-13-8-4-2-3-5-8/h7-9H,2-6H2,1H3,(H,11,12)/t7-,9-/m0/s1. The van der Waals surface area contributed by atoms with Crippen LogP contribution >= 0.6 is 0 Å². The van der Waals surface area contributed by atoms with Gasteiger partial charge < -0.3 is 0 Å². The van der Waals surface area contributed by atoms with E-state index >= 15 is 0 Å². The Bertz CT molecular complexity index is 199. The summed E-state index contributed by atoms with van der Waals surface area (Å²) in [6, 6.07) is 0. The van der Waals surface area contributed by atoms with Gasteiger partial charge in [0.15, 0.2) is 0 Å². The number of hydrogen-bond acceptors (Lipinski definition) is 2. The molecule has 0 spiro atoms.